The standard InChI is InChI=1S/C26H23ClN4OS/c1-17-8-10-18(11-9-17)30-15-5-7-22(30)25-24(21-6-3-4-14-28-21)29-26(33)31(25)19-12-13-23(32-2)20(27)16-19/h3-16,24-25H,1-2H3,(H,29,33)/t24-,25+/m1/s1. The second kappa shape index (κ2) is 8.89. The molecule has 3 heterocycles. The van der Waals surface area contributed by atoms with Crippen molar-refractivity contribution in [3.05, 3.63) is 107 Å². The minimum absolute atomic E-state index is 0.140. The van der Waals surface area contributed by atoms with Gasteiger partial charge in [-0.1, -0.05) is 35.4 Å². The Hall–Kier alpha value is -3.35. The Balaban J connectivity index is 1.66. The molecule has 1 aliphatic heterocycles. The van der Waals surface area contributed by atoms with E-state index in [0.29, 0.717) is 15.9 Å². The Morgan fingerprint density at radius 3 is 2.48 bits per heavy atom. The van der Waals surface area contributed by atoms with Crippen molar-refractivity contribution >= 4 is 34.6 Å². The summed E-state index contributed by atoms with van der Waals surface area (Å²) in [5, 5.41) is 4.65. The van der Waals surface area contributed by atoms with Crippen LogP contribution in [0.2, 0.25) is 5.02 Å². The molecular weight excluding hydrogens is 452 g/mol. The van der Waals surface area contributed by atoms with Gasteiger partial charge in [0.1, 0.15) is 11.8 Å². The van der Waals surface area contributed by atoms with Gasteiger partial charge in [0.2, 0.25) is 0 Å². The summed E-state index contributed by atoms with van der Waals surface area (Å²) in [6, 6.07) is 24.1. The first kappa shape index (κ1) is 21.5. The van der Waals surface area contributed by atoms with Crippen LogP contribution in [0.4, 0.5) is 5.69 Å². The molecule has 7 heteroatoms. The van der Waals surface area contributed by atoms with Gasteiger partial charge < -0.3 is 19.5 Å². The predicted molar refractivity (Wildman–Crippen MR) is 136 cm³/mol. The zero-order chi connectivity index (χ0) is 22.9. The second-order valence-electron chi connectivity index (χ2n) is 7.95. The van der Waals surface area contributed by atoms with Crippen LogP contribution in [0.15, 0.2) is 85.2 Å². The van der Waals surface area contributed by atoms with Crippen LogP contribution >= 0.6 is 23.8 Å². The van der Waals surface area contributed by atoms with Gasteiger partial charge in [0.05, 0.1) is 23.9 Å². The fraction of sp³-hybridized carbons (Fsp3) is 0.154. The van der Waals surface area contributed by atoms with Crippen LogP contribution in [0.1, 0.15) is 29.0 Å². The van der Waals surface area contributed by atoms with E-state index >= 15 is 0 Å². The first-order valence-electron chi connectivity index (χ1n) is 10.7. The van der Waals surface area contributed by atoms with Crippen molar-refractivity contribution in [2.45, 2.75) is 19.0 Å². The molecule has 33 heavy (non-hydrogen) atoms. The Kier molecular flexibility index (Phi) is 5.79. The molecule has 0 saturated carbocycles. The molecule has 1 fully saturated rings. The average Bonchev–Trinajstić information content (AvgIpc) is 3.44. The number of nitrogens with zero attached hydrogens (tertiary/aromatic N) is 3. The summed E-state index contributed by atoms with van der Waals surface area (Å²) in [5.74, 6) is 0.624. The van der Waals surface area contributed by atoms with Gasteiger partial charge in [0, 0.05) is 29.5 Å². The molecule has 0 unspecified atom stereocenters. The summed E-state index contributed by atoms with van der Waals surface area (Å²) in [6.07, 6.45) is 3.89. The highest BCUT2D eigenvalue weighted by Crippen LogP contribution is 2.43. The maximum Gasteiger partial charge on any atom is 0.174 e. The van der Waals surface area contributed by atoms with Crippen LogP contribution < -0.4 is 15.0 Å². The number of nitrogens with one attached hydrogen (secondary N) is 1. The Morgan fingerprint density at radius 2 is 1.79 bits per heavy atom. The smallest absolute Gasteiger partial charge is 0.174 e. The Bertz CT molecular complexity index is 1290. The molecule has 0 aliphatic carbocycles. The highest BCUT2D eigenvalue weighted by Gasteiger charge is 2.42. The molecule has 1 saturated heterocycles. The van der Waals surface area contributed by atoms with Crippen molar-refractivity contribution in [3.63, 3.8) is 0 Å². The molecule has 5 nitrogen and oxygen atoms in total. The number of hydrogen-bond acceptors (Lipinski definition) is 3. The number of benzene rings is 2. The largest absolute Gasteiger partial charge is 0.495 e. The third-order valence-electron chi connectivity index (χ3n) is 5.91. The number of pyridine rings is 1. The fourth-order valence-electron chi connectivity index (χ4n) is 4.31. The van der Waals surface area contributed by atoms with Crippen molar-refractivity contribution in [3.8, 4) is 11.4 Å². The number of ether oxygens (including phenoxy) is 1. The average molecular weight is 475 g/mol. The number of hydrogen-bond donors (Lipinski definition) is 1. The molecule has 0 amide bonds. The van der Waals surface area contributed by atoms with Crippen molar-refractivity contribution in [2.24, 2.45) is 0 Å². The van der Waals surface area contributed by atoms with E-state index in [4.69, 9.17) is 28.6 Å². The van der Waals surface area contributed by atoms with E-state index in [0.717, 1.165) is 22.8 Å². The van der Waals surface area contributed by atoms with E-state index < -0.39 is 0 Å². The van der Waals surface area contributed by atoms with Gasteiger partial charge in [-0.2, -0.15) is 0 Å². The lowest BCUT2D eigenvalue weighted by Crippen LogP contribution is -2.30. The van der Waals surface area contributed by atoms with Crippen LogP contribution in [-0.4, -0.2) is 21.8 Å². The zero-order valence-electron chi connectivity index (χ0n) is 18.3. The number of methoxy groups -OCH3 is 1. The molecule has 2 atom stereocenters. The Morgan fingerprint density at radius 1 is 1.00 bits per heavy atom. The summed E-state index contributed by atoms with van der Waals surface area (Å²) in [4.78, 5) is 6.75. The monoisotopic (exact) mass is 474 g/mol. The first-order valence-corrected chi connectivity index (χ1v) is 11.4. The number of halogens is 1. The number of aryl methyl sites for hydroxylation is 1. The zero-order valence-corrected chi connectivity index (χ0v) is 19.8. The van der Waals surface area contributed by atoms with E-state index in [1.807, 2.05) is 42.6 Å². The highest BCUT2D eigenvalue weighted by atomic mass is 35.5. The number of rotatable bonds is 5. The van der Waals surface area contributed by atoms with Crippen LogP contribution in [0, 0.1) is 6.92 Å². The van der Waals surface area contributed by atoms with Gasteiger partial charge >= 0.3 is 0 Å². The maximum absolute atomic E-state index is 6.49. The predicted octanol–water partition coefficient (Wildman–Crippen LogP) is 6.02. The van der Waals surface area contributed by atoms with E-state index in [9.17, 15) is 0 Å². The van der Waals surface area contributed by atoms with E-state index in [-0.39, 0.29) is 12.1 Å². The summed E-state index contributed by atoms with van der Waals surface area (Å²) in [7, 11) is 1.61. The van der Waals surface area contributed by atoms with Gasteiger partial charge in [-0.25, -0.2) is 0 Å². The lowest BCUT2D eigenvalue weighted by molar-refractivity contribution is 0.415. The molecule has 0 bridgehead atoms. The normalized spacial score (nSPS) is 17.8. The SMILES string of the molecule is COc1ccc(N2C(=S)N[C@H](c3ccccn3)[C@@H]2c2cccn2-c2ccc(C)cc2)cc1Cl. The van der Waals surface area contributed by atoms with Crippen molar-refractivity contribution in [1.82, 2.24) is 14.9 Å². The highest BCUT2D eigenvalue weighted by molar-refractivity contribution is 7.80. The Labute approximate surface area is 203 Å². The van der Waals surface area contributed by atoms with E-state index in [1.165, 1.54) is 5.56 Å². The summed E-state index contributed by atoms with van der Waals surface area (Å²) >= 11 is 12.3. The molecule has 4 aromatic rings. The van der Waals surface area contributed by atoms with Gasteiger partial charge in [0.25, 0.3) is 0 Å². The second-order valence-corrected chi connectivity index (χ2v) is 8.75. The topological polar surface area (TPSA) is 42.3 Å². The fourth-order valence-corrected chi connectivity index (χ4v) is 4.91. The molecule has 1 aliphatic rings. The van der Waals surface area contributed by atoms with Crippen molar-refractivity contribution in [2.75, 3.05) is 12.0 Å². The van der Waals surface area contributed by atoms with Gasteiger partial charge in [0.15, 0.2) is 5.11 Å². The van der Waals surface area contributed by atoms with Gasteiger partial charge in [-0.05, 0) is 73.7 Å². The number of aromatic nitrogens is 2. The summed E-state index contributed by atoms with van der Waals surface area (Å²) in [6.45, 7) is 2.09. The first-order chi connectivity index (χ1) is 16.1. The van der Waals surface area contributed by atoms with Gasteiger partial charge in [-0.15, -0.1) is 0 Å². The molecule has 1 N–H and O–H groups in total. The van der Waals surface area contributed by atoms with Crippen LogP contribution in [-0.2, 0) is 0 Å². The van der Waals surface area contributed by atoms with Crippen LogP contribution in [0.5, 0.6) is 5.75 Å². The molecule has 0 spiro atoms. The lowest BCUT2D eigenvalue weighted by Gasteiger charge is -2.29. The minimum atomic E-state index is -0.145. The van der Waals surface area contributed by atoms with E-state index in [2.05, 4.69) is 69.3 Å². The maximum atomic E-state index is 6.49. The van der Waals surface area contributed by atoms with Crippen LogP contribution in [0.3, 0.4) is 0 Å². The minimum Gasteiger partial charge on any atom is -0.495 e. The number of thiocarbonyl (C=S) groups is 1. The molecule has 166 valence electrons. The van der Waals surface area contributed by atoms with Gasteiger partial charge in [-0.3, -0.25) is 4.98 Å². The molecule has 2 aromatic carbocycles. The summed E-state index contributed by atoms with van der Waals surface area (Å²) < 4.78 is 7.55. The van der Waals surface area contributed by atoms with Crippen molar-refractivity contribution < 1.29 is 4.74 Å². The quantitative estimate of drug-likeness (QED) is 0.358. The van der Waals surface area contributed by atoms with E-state index in [1.54, 1.807) is 7.11 Å². The molecule has 2 aromatic heterocycles. The summed E-state index contributed by atoms with van der Waals surface area (Å²) in [5.41, 5.74) is 5.21. The third kappa shape index (κ3) is 3.96. The van der Waals surface area contributed by atoms with Crippen molar-refractivity contribution in [1.29, 1.82) is 0 Å². The molecule has 0 radical (unpaired) electrons. The number of anilines is 1. The third-order valence-corrected chi connectivity index (χ3v) is 6.52. The lowest BCUT2D eigenvalue weighted by atomic mass is 10.0. The molecular formula is C26H23ClN4OS. The molecule has 5 rings (SSSR count). The van der Waals surface area contributed by atoms with Crippen LogP contribution in [0.25, 0.3) is 5.69 Å².